The molecule has 0 amide bonds. The molecule has 30 heavy (non-hydrogen) atoms. The zero-order chi connectivity index (χ0) is 20.8. The molecule has 1 saturated carbocycles. The fourth-order valence-corrected chi connectivity index (χ4v) is 5.24. The Morgan fingerprint density at radius 3 is 2.63 bits per heavy atom. The van der Waals surface area contributed by atoms with E-state index in [0.717, 1.165) is 24.7 Å². The molecule has 0 bridgehead atoms. The molecule has 5 heteroatoms. The molecule has 1 aromatic carbocycles. The summed E-state index contributed by atoms with van der Waals surface area (Å²) in [5.74, 6) is -0.926. The number of piperidine rings is 1. The number of pyridine rings is 1. The fraction of sp³-hybridized carbons (Fsp3) is 0.560. The Morgan fingerprint density at radius 2 is 1.83 bits per heavy atom. The van der Waals surface area contributed by atoms with Crippen LogP contribution in [0.3, 0.4) is 0 Å². The van der Waals surface area contributed by atoms with Crippen LogP contribution in [-0.4, -0.2) is 40.5 Å². The van der Waals surface area contributed by atoms with Crippen LogP contribution >= 0.6 is 0 Å². The highest BCUT2D eigenvalue weighted by Gasteiger charge is 2.28. The molecule has 0 spiro atoms. The third-order valence-corrected chi connectivity index (χ3v) is 6.71. The third-order valence-electron chi connectivity index (χ3n) is 6.71. The Bertz CT molecular complexity index is 792. The fourth-order valence-electron chi connectivity index (χ4n) is 5.24. The normalized spacial score (nSPS) is 21.2. The molecule has 1 aliphatic carbocycles. The third kappa shape index (κ3) is 5.64. The van der Waals surface area contributed by atoms with E-state index in [9.17, 15) is 8.78 Å². The summed E-state index contributed by atoms with van der Waals surface area (Å²) in [7, 11) is 0. The zero-order valence-electron chi connectivity index (χ0n) is 17.8. The van der Waals surface area contributed by atoms with Gasteiger partial charge in [0.15, 0.2) is 11.6 Å². The van der Waals surface area contributed by atoms with Gasteiger partial charge in [0, 0.05) is 50.2 Å². The molecule has 2 heterocycles. The minimum atomic E-state index is -0.769. The van der Waals surface area contributed by atoms with Crippen LogP contribution < -0.4 is 0 Å². The molecule has 2 aromatic rings. The summed E-state index contributed by atoms with van der Waals surface area (Å²) in [4.78, 5) is 9.20. The lowest BCUT2D eigenvalue weighted by Gasteiger charge is -2.41. The van der Waals surface area contributed by atoms with Crippen molar-refractivity contribution in [2.24, 2.45) is 5.92 Å². The topological polar surface area (TPSA) is 19.4 Å². The van der Waals surface area contributed by atoms with Crippen LogP contribution in [0.25, 0.3) is 0 Å². The second kappa shape index (κ2) is 10.5. The van der Waals surface area contributed by atoms with Crippen LogP contribution in [0.2, 0.25) is 0 Å². The number of hydrogen-bond donors (Lipinski definition) is 0. The maximum Gasteiger partial charge on any atom is 0.163 e. The van der Waals surface area contributed by atoms with Crippen molar-refractivity contribution in [1.29, 1.82) is 0 Å². The van der Waals surface area contributed by atoms with Crippen LogP contribution in [0.5, 0.6) is 0 Å². The molecule has 162 valence electrons. The lowest BCUT2D eigenvalue weighted by molar-refractivity contribution is 0.0768. The average molecular weight is 414 g/mol. The lowest BCUT2D eigenvalue weighted by atomic mass is 9.90. The van der Waals surface area contributed by atoms with Gasteiger partial charge in [-0.15, -0.1) is 0 Å². The SMILES string of the molecule is Fc1cccc(CN(Cc2cccnc2)CC2CCCN(C3CCCCC3)C2)c1F. The minimum absolute atomic E-state index is 0.415. The van der Waals surface area contributed by atoms with Crippen molar-refractivity contribution in [2.45, 2.75) is 64.1 Å². The highest BCUT2D eigenvalue weighted by molar-refractivity contribution is 5.19. The zero-order valence-corrected chi connectivity index (χ0v) is 17.8. The molecule has 1 unspecified atom stereocenters. The van der Waals surface area contributed by atoms with Gasteiger partial charge in [0.1, 0.15) is 0 Å². The van der Waals surface area contributed by atoms with Gasteiger partial charge >= 0.3 is 0 Å². The molecule has 4 rings (SSSR count). The summed E-state index contributed by atoms with van der Waals surface area (Å²) in [5.41, 5.74) is 1.54. The first-order chi connectivity index (χ1) is 14.7. The molecule has 1 aromatic heterocycles. The van der Waals surface area contributed by atoms with Crippen molar-refractivity contribution in [3.05, 3.63) is 65.5 Å². The summed E-state index contributed by atoms with van der Waals surface area (Å²) in [6, 6.07) is 9.21. The summed E-state index contributed by atoms with van der Waals surface area (Å²) < 4.78 is 28.1. The maximum atomic E-state index is 14.4. The second-order valence-corrected chi connectivity index (χ2v) is 9.04. The largest absolute Gasteiger partial charge is 0.300 e. The summed E-state index contributed by atoms with van der Waals surface area (Å²) in [6.45, 7) is 4.35. The quantitative estimate of drug-likeness (QED) is 0.605. The van der Waals surface area contributed by atoms with Gasteiger partial charge in [-0.3, -0.25) is 9.88 Å². The van der Waals surface area contributed by atoms with Crippen LogP contribution in [0.1, 0.15) is 56.1 Å². The van der Waals surface area contributed by atoms with Crippen LogP contribution in [0.15, 0.2) is 42.7 Å². The highest BCUT2D eigenvalue weighted by atomic mass is 19.2. The molecule has 2 aliphatic rings. The van der Waals surface area contributed by atoms with E-state index in [0.29, 0.717) is 24.6 Å². The van der Waals surface area contributed by atoms with Gasteiger partial charge in [-0.1, -0.05) is 37.5 Å². The molecule has 1 atom stereocenters. The first-order valence-electron chi connectivity index (χ1n) is 11.5. The Balaban J connectivity index is 1.45. The number of rotatable bonds is 7. The summed E-state index contributed by atoms with van der Waals surface area (Å²) in [6.07, 6.45) is 12.8. The van der Waals surface area contributed by atoms with Crippen LogP contribution in [-0.2, 0) is 13.1 Å². The summed E-state index contributed by atoms with van der Waals surface area (Å²) in [5, 5.41) is 0. The summed E-state index contributed by atoms with van der Waals surface area (Å²) >= 11 is 0. The Hall–Kier alpha value is -1.85. The van der Waals surface area contributed by atoms with Gasteiger partial charge < -0.3 is 4.90 Å². The van der Waals surface area contributed by atoms with Gasteiger partial charge in [0.25, 0.3) is 0 Å². The number of hydrogen-bond acceptors (Lipinski definition) is 3. The van der Waals surface area contributed by atoms with Gasteiger partial charge in [-0.2, -0.15) is 0 Å². The van der Waals surface area contributed by atoms with E-state index in [1.165, 1.54) is 57.6 Å². The van der Waals surface area contributed by atoms with Crippen molar-refractivity contribution in [1.82, 2.24) is 14.8 Å². The predicted molar refractivity (Wildman–Crippen MR) is 116 cm³/mol. The van der Waals surface area contributed by atoms with Crippen molar-refractivity contribution in [3.63, 3.8) is 0 Å². The van der Waals surface area contributed by atoms with Crippen molar-refractivity contribution < 1.29 is 8.78 Å². The van der Waals surface area contributed by atoms with E-state index in [1.54, 1.807) is 18.3 Å². The number of nitrogens with zero attached hydrogens (tertiary/aromatic N) is 3. The monoisotopic (exact) mass is 413 g/mol. The number of benzene rings is 1. The number of halogens is 2. The first-order valence-corrected chi connectivity index (χ1v) is 11.5. The van der Waals surface area contributed by atoms with E-state index in [2.05, 4.69) is 20.9 Å². The van der Waals surface area contributed by atoms with E-state index in [1.807, 2.05) is 12.3 Å². The van der Waals surface area contributed by atoms with E-state index < -0.39 is 11.6 Å². The van der Waals surface area contributed by atoms with E-state index in [-0.39, 0.29) is 0 Å². The van der Waals surface area contributed by atoms with Gasteiger partial charge in [0.05, 0.1) is 0 Å². The Morgan fingerprint density at radius 1 is 0.967 bits per heavy atom. The molecule has 3 nitrogen and oxygen atoms in total. The van der Waals surface area contributed by atoms with Gasteiger partial charge in [0.2, 0.25) is 0 Å². The number of likely N-dealkylation sites (tertiary alicyclic amines) is 1. The molecule has 1 saturated heterocycles. The van der Waals surface area contributed by atoms with Crippen molar-refractivity contribution in [2.75, 3.05) is 19.6 Å². The van der Waals surface area contributed by atoms with Gasteiger partial charge in [-0.25, -0.2) is 8.78 Å². The lowest BCUT2D eigenvalue weighted by Crippen LogP contribution is -2.46. The van der Waals surface area contributed by atoms with Gasteiger partial charge in [-0.05, 0) is 55.8 Å². The molecule has 0 radical (unpaired) electrons. The molecular formula is C25H33F2N3. The van der Waals surface area contributed by atoms with Crippen LogP contribution in [0.4, 0.5) is 8.78 Å². The average Bonchev–Trinajstić information content (AvgIpc) is 2.78. The molecular weight excluding hydrogens is 380 g/mol. The van der Waals surface area contributed by atoms with Crippen molar-refractivity contribution in [3.8, 4) is 0 Å². The molecule has 1 aliphatic heterocycles. The molecule has 0 N–H and O–H groups in total. The Labute approximate surface area is 179 Å². The molecule has 2 fully saturated rings. The standard InChI is InChI=1S/C25H33F2N3/c26-24-12-4-9-22(25(24)27)19-29(16-20-7-5-13-28-15-20)17-21-8-6-14-30(18-21)23-10-2-1-3-11-23/h4-5,7,9,12-13,15,21,23H,1-3,6,8,10-11,14,16-19H2. The van der Waals surface area contributed by atoms with E-state index in [4.69, 9.17) is 0 Å². The smallest absolute Gasteiger partial charge is 0.163 e. The van der Waals surface area contributed by atoms with Crippen LogP contribution in [0, 0.1) is 17.6 Å². The highest BCUT2D eigenvalue weighted by Crippen LogP contribution is 2.28. The Kier molecular flexibility index (Phi) is 7.45. The maximum absolute atomic E-state index is 14.4. The first kappa shape index (κ1) is 21.4. The second-order valence-electron chi connectivity index (χ2n) is 9.04. The van der Waals surface area contributed by atoms with Crippen molar-refractivity contribution >= 4 is 0 Å². The number of aromatic nitrogens is 1. The van der Waals surface area contributed by atoms with E-state index >= 15 is 0 Å². The minimum Gasteiger partial charge on any atom is -0.300 e. The predicted octanol–water partition coefficient (Wildman–Crippen LogP) is 5.41.